The summed E-state index contributed by atoms with van der Waals surface area (Å²) in [5, 5.41) is 12.1. The van der Waals surface area contributed by atoms with Crippen LogP contribution in [-0.2, 0) is 0 Å². The number of hydrogen-bond acceptors (Lipinski definition) is 4. The predicted molar refractivity (Wildman–Crippen MR) is 66.7 cm³/mol. The van der Waals surface area contributed by atoms with Crippen molar-refractivity contribution < 1.29 is 14.3 Å². The molecule has 0 fully saturated rings. The largest absolute Gasteiger partial charge is 0.478 e. The quantitative estimate of drug-likeness (QED) is 0.867. The standard InChI is InChI=1S/C13H14N2O3/c1-8-7-14-12(18-8)9(2)15-11-5-3-4-10(6-11)13(16)17/h3-7,9,15H,1-2H3,(H,16,17). The molecule has 0 spiro atoms. The second-order valence-electron chi connectivity index (χ2n) is 4.06. The van der Waals surface area contributed by atoms with Gasteiger partial charge in [-0.3, -0.25) is 0 Å². The van der Waals surface area contributed by atoms with Crippen LogP contribution in [-0.4, -0.2) is 16.1 Å². The lowest BCUT2D eigenvalue weighted by molar-refractivity contribution is 0.0697. The smallest absolute Gasteiger partial charge is 0.335 e. The summed E-state index contributed by atoms with van der Waals surface area (Å²) in [4.78, 5) is 15.0. The monoisotopic (exact) mass is 246 g/mol. The van der Waals surface area contributed by atoms with Crippen LogP contribution in [0.5, 0.6) is 0 Å². The van der Waals surface area contributed by atoms with Crippen LogP contribution < -0.4 is 5.32 Å². The average Bonchev–Trinajstić information content (AvgIpc) is 2.76. The molecule has 0 aliphatic heterocycles. The van der Waals surface area contributed by atoms with Crippen molar-refractivity contribution in [2.75, 3.05) is 5.32 Å². The van der Waals surface area contributed by atoms with Crippen LogP contribution in [0.1, 0.15) is 35.0 Å². The Morgan fingerprint density at radius 1 is 1.50 bits per heavy atom. The van der Waals surface area contributed by atoms with Gasteiger partial charge in [-0.15, -0.1) is 0 Å². The number of benzene rings is 1. The van der Waals surface area contributed by atoms with Gasteiger partial charge in [-0.2, -0.15) is 0 Å². The molecule has 2 N–H and O–H groups in total. The molecule has 0 saturated heterocycles. The zero-order valence-electron chi connectivity index (χ0n) is 10.2. The van der Waals surface area contributed by atoms with Gasteiger partial charge in [0, 0.05) is 5.69 Å². The van der Waals surface area contributed by atoms with Crippen molar-refractivity contribution in [2.45, 2.75) is 19.9 Å². The van der Waals surface area contributed by atoms with Crippen LogP contribution in [0.15, 0.2) is 34.9 Å². The first-order valence-electron chi connectivity index (χ1n) is 5.58. The molecule has 0 aliphatic carbocycles. The fraction of sp³-hybridized carbons (Fsp3) is 0.231. The van der Waals surface area contributed by atoms with Crippen LogP contribution in [0, 0.1) is 6.92 Å². The molecular weight excluding hydrogens is 232 g/mol. The molecule has 0 radical (unpaired) electrons. The van der Waals surface area contributed by atoms with E-state index in [1.54, 1.807) is 30.5 Å². The molecule has 0 bridgehead atoms. The van der Waals surface area contributed by atoms with Crippen molar-refractivity contribution in [3.8, 4) is 0 Å². The minimum atomic E-state index is -0.946. The maximum absolute atomic E-state index is 10.9. The van der Waals surface area contributed by atoms with Gasteiger partial charge in [-0.05, 0) is 32.0 Å². The SMILES string of the molecule is Cc1cnc(C(C)Nc2cccc(C(=O)O)c2)o1. The summed E-state index contributed by atoms with van der Waals surface area (Å²) in [7, 11) is 0. The maximum atomic E-state index is 10.9. The van der Waals surface area contributed by atoms with Gasteiger partial charge in [0.1, 0.15) is 11.8 Å². The van der Waals surface area contributed by atoms with Crippen molar-refractivity contribution in [1.82, 2.24) is 4.98 Å². The lowest BCUT2D eigenvalue weighted by Gasteiger charge is -2.12. The molecule has 0 aliphatic rings. The van der Waals surface area contributed by atoms with Crippen molar-refractivity contribution in [1.29, 1.82) is 0 Å². The van der Waals surface area contributed by atoms with Crippen molar-refractivity contribution in [3.63, 3.8) is 0 Å². The third-order valence-corrected chi connectivity index (χ3v) is 2.50. The Bertz CT molecular complexity index is 563. The van der Waals surface area contributed by atoms with Crippen LogP contribution >= 0.6 is 0 Å². The van der Waals surface area contributed by atoms with Gasteiger partial charge in [0.25, 0.3) is 0 Å². The Labute approximate surface area is 104 Å². The van der Waals surface area contributed by atoms with Gasteiger partial charge in [0.15, 0.2) is 0 Å². The third-order valence-electron chi connectivity index (χ3n) is 2.50. The van der Waals surface area contributed by atoms with Gasteiger partial charge in [-0.1, -0.05) is 6.07 Å². The number of anilines is 1. The number of aromatic nitrogens is 1. The highest BCUT2D eigenvalue weighted by atomic mass is 16.4. The van der Waals surface area contributed by atoms with E-state index in [2.05, 4.69) is 10.3 Å². The first-order chi connectivity index (χ1) is 8.56. The number of aromatic carboxylic acids is 1. The molecule has 1 aromatic carbocycles. The number of hydrogen-bond donors (Lipinski definition) is 2. The Kier molecular flexibility index (Phi) is 3.32. The zero-order chi connectivity index (χ0) is 13.1. The molecule has 5 nitrogen and oxygen atoms in total. The van der Waals surface area contributed by atoms with Gasteiger partial charge in [-0.25, -0.2) is 9.78 Å². The molecule has 18 heavy (non-hydrogen) atoms. The molecule has 1 heterocycles. The topological polar surface area (TPSA) is 75.4 Å². The highest BCUT2D eigenvalue weighted by Gasteiger charge is 2.11. The summed E-state index contributed by atoms with van der Waals surface area (Å²) in [6, 6.07) is 6.50. The van der Waals surface area contributed by atoms with Crippen molar-refractivity contribution in [3.05, 3.63) is 47.7 Å². The second kappa shape index (κ2) is 4.91. The van der Waals surface area contributed by atoms with E-state index in [-0.39, 0.29) is 11.6 Å². The lowest BCUT2D eigenvalue weighted by Crippen LogP contribution is -2.07. The minimum Gasteiger partial charge on any atom is -0.478 e. The molecule has 94 valence electrons. The zero-order valence-corrected chi connectivity index (χ0v) is 10.2. The number of nitrogens with zero attached hydrogens (tertiary/aromatic N) is 1. The summed E-state index contributed by atoms with van der Waals surface area (Å²) >= 11 is 0. The summed E-state index contributed by atoms with van der Waals surface area (Å²) < 4.78 is 5.41. The number of nitrogens with one attached hydrogen (secondary N) is 1. The summed E-state index contributed by atoms with van der Waals surface area (Å²) in [5.41, 5.74) is 0.967. The molecule has 2 aromatic rings. The normalized spacial score (nSPS) is 12.1. The van der Waals surface area contributed by atoms with E-state index >= 15 is 0 Å². The highest BCUT2D eigenvalue weighted by Crippen LogP contribution is 2.19. The Morgan fingerprint density at radius 3 is 2.89 bits per heavy atom. The van der Waals surface area contributed by atoms with Crippen LogP contribution in [0.4, 0.5) is 5.69 Å². The summed E-state index contributed by atoms with van der Waals surface area (Å²) in [6.07, 6.45) is 1.65. The first-order valence-corrected chi connectivity index (χ1v) is 5.58. The van der Waals surface area contributed by atoms with Crippen molar-refractivity contribution in [2.24, 2.45) is 0 Å². The van der Waals surface area contributed by atoms with Gasteiger partial charge >= 0.3 is 5.97 Å². The Hall–Kier alpha value is -2.30. The van der Waals surface area contributed by atoms with Gasteiger partial charge < -0.3 is 14.8 Å². The lowest BCUT2D eigenvalue weighted by atomic mass is 10.2. The Morgan fingerprint density at radius 2 is 2.28 bits per heavy atom. The van der Waals surface area contributed by atoms with Gasteiger partial charge in [0.05, 0.1) is 11.8 Å². The average molecular weight is 246 g/mol. The minimum absolute atomic E-state index is 0.122. The fourth-order valence-electron chi connectivity index (χ4n) is 1.63. The number of carboxylic acid groups (broad SMARTS) is 1. The van der Waals surface area contributed by atoms with Gasteiger partial charge in [0.2, 0.25) is 5.89 Å². The maximum Gasteiger partial charge on any atom is 0.335 e. The molecular formula is C13H14N2O3. The van der Waals surface area contributed by atoms with E-state index in [4.69, 9.17) is 9.52 Å². The number of oxazole rings is 1. The number of rotatable bonds is 4. The molecule has 1 unspecified atom stereocenters. The Balaban J connectivity index is 2.14. The summed E-state index contributed by atoms with van der Waals surface area (Å²) in [6.45, 7) is 3.73. The van der Waals surface area contributed by atoms with E-state index in [0.717, 1.165) is 11.4 Å². The van der Waals surface area contributed by atoms with E-state index in [0.29, 0.717) is 5.89 Å². The van der Waals surface area contributed by atoms with Crippen LogP contribution in [0.25, 0.3) is 0 Å². The third kappa shape index (κ3) is 2.68. The fourth-order valence-corrected chi connectivity index (χ4v) is 1.63. The number of carbonyl (C=O) groups is 1. The predicted octanol–water partition coefficient (Wildman–Crippen LogP) is 2.85. The van der Waals surface area contributed by atoms with E-state index in [1.165, 1.54) is 0 Å². The van der Waals surface area contributed by atoms with Crippen molar-refractivity contribution >= 4 is 11.7 Å². The summed E-state index contributed by atoms with van der Waals surface area (Å²) in [5.74, 6) is 0.379. The molecule has 0 amide bonds. The molecule has 5 heteroatoms. The van der Waals surface area contributed by atoms with Crippen LogP contribution in [0.3, 0.4) is 0 Å². The van der Waals surface area contributed by atoms with E-state index < -0.39 is 5.97 Å². The van der Waals surface area contributed by atoms with Crippen LogP contribution in [0.2, 0.25) is 0 Å². The molecule has 2 rings (SSSR count). The van der Waals surface area contributed by atoms with E-state index in [9.17, 15) is 4.79 Å². The number of carboxylic acids is 1. The second-order valence-corrected chi connectivity index (χ2v) is 4.06. The number of aryl methyl sites for hydroxylation is 1. The first kappa shape index (κ1) is 12.2. The molecule has 1 aromatic heterocycles. The molecule has 0 saturated carbocycles. The highest BCUT2D eigenvalue weighted by molar-refractivity contribution is 5.88. The molecule has 1 atom stereocenters. The van der Waals surface area contributed by atoms with E-state index in [1.807, 2.05) is 13.8 Å².